The molecule has 0 saturated carbocycles. The van der Waals surface area contributed by atoms with Crippen molar-refractivity contribution in [2.45, 2.75) is 0 Å². The maximum Gasteiger partial charge on any atom is 0.263 e. The zero-order chi connectivity index (χ0) is 8.27. The van der Waals surface area contributed by atoms with E-state index >= 15 is 0 Å². The third-order valence-electron chi connectivity index (χ3n) is 1.24. The molecule has 2 N–H and O–H groups in total. The number of H-pyrrole nitrogens is 1. The Labute approximate surface area is 62.5 Å². The van der Waals surface area contributed by atoms with E-state index in [9.17, 15) is 9.59 Å². The summed E-state index contributed by atoms with van der Waals surface area (Å²) in [6.07, 6.45) is 1.71. The fourth-order valence-electron chi connectivity index (χ4n) is 0.719. The highest BCUT2D eigenvalue weighted by atomic mass is 16.1. The number of carbonyl (C=O) groups excluding carboxylic acids is 1. The lowest BCUT2D eigenvalue weighted by Gasteiger charge is -1.98. The first-order valence-corrected chi connectivity index (χ1v) is 3.00. The first-order valence-electron chi connectivity index (χ1n) is 3.00. The van der Waals surface area contributed by atoms with Crippen LogP contribution in [0.15, 0.2) is 11.1 Å². The second-order valence-corrected chi connectivity index (χ2v) is 1.86. The molecule has 1 heterocycles. The Morgan fingerprint density at radius 3 is 2.91 bits per heavy atom. The lowest BCUT2D eigenvalue weighted by molar-refractivity contribution is 0.112. The summed E-state index contributed by atoms with van der Waals surface area (Å²) in [5, 5.41) is 2.62. The van der Waals surface area contributed by atoms with Crippen LogP contribution in [-0.2, 0) is 0 Å². The molecular formula is C6H7N3O2. The van der Waals surface area contributed by atoms with E-state index < -0.39 is 5.56 Å². The van der Waals surface area contributed by atoms with Crippen molar-refractivity contribution >= 4 is 12.1 Å². The third kappa shape index (κ3) is 1.26. The SMILES string of the molecule is CNc1nc[nH]c(=O)c1C=O. The highest BCUT2D eigenvalue weighted by Gasteiger charge is 2.03. The van der Waals surface area contributed by atoms with Crippen molar-refractivity contribution in [3.05, 3.63) is 22.2 Å². The van der Waals surface area contributed by atoms with Crippen LogP contribution < -0.4 is 10.9 Å². The van der Waals surface area contributed by atoms with Gasteiger partial charge >= 0.3 is 0 Å². The smallest absolute Gasteiger partial charge is 0.263 e. The quantitative estimate of drug-likeness (QED) is 0.568. The maximum absolute atomic E-state index is 10.9. The summed E-state index contributed by atoms with van der Waals surface area (Å²) in [6, 6.07) is 0. The predicted octanol–water partition coefficient (Wildman–Crippen LogP) is -0.376. The first-order chi connectivity index (χ1) is 5.29. The molecule has 0 aliphatic carbocycles. The van der Waals surface area contributed by atoms with Crippen LogP contribution in [0.4, 0.5) is 5.82 Å². The summed E-state index contributed by atoms with van der Waals surface area (Å²) in [4.78, 5) is 27.2. The Balaban J connectivity index is 3.36. The molecule has 0 saturated heterocycles. The van der Waals surface area contributed by atoms with Crippen LogP contribution in [0.1, 0.15) is 10.4 Å². The van der Waals surface area contributed by atoms with Gasteiger partial charge in [0.25, 0.3) is 5.56 Å². The first kappa shape index (κ1) is 7.46. The Bertz CT molecular complexity index is 318. The molecule has 5 nitrogen and oxygen atoms in total. The van der Waals surface area contributed by atoms with Crippen molar-refractivity contribution in [2.75, 3.05) is 12.4 Å². The number of aromatic amines is 1. The van der Waals surface area contributed by atoms with Gasteiger partial charge in [0.2, 0.25) is 0 Å². The number of aldehydes is 1. The molecular weight excluding hydrogens is 146 g/mol. The van der Waals surface area contributed by atoms with Crippen molar-refractivity contribution in [2.24, 2.45) is 0 Å². The van der Waals surface area contributed by atoms with Crippen LogP contribution in [0, 0.1) is 0 Å². The molecule has 1 rings (SSSR count). The Kier molecular flexibility index (Phi) is 2.00. The van der Waals surface area contributed by atoms with Crippen molar-refractivity contribution < 1.29 is 4.79 Å². The van der Waals surface area contributed by atoms with Gasteiger partial charge in [-0.15, -0.1) is 0 Å². The summed E-state index contributed by atoms with van der Waals surface area (Å²) in [5.41, 5.74) is -0.408. The van der Waals surface area contributed by atoms with Crippen molar-refractivity contribution in [3.8, 4) is 0 Å². The molecule has 0 spiro atoms. The molecule has 0 fully saturated rings. The van der Waals surface area contributed by atoms with Gasteiger partial charge in [-0.1, -0.05) is 0 Å². The van der Waals surface area contributed by atoms with Crippen molar-refractivity contribution in [1.29, 1.82) is 0 Å². The second-order valence-electron chi connectivity index (χ2n) is 1.86. The number of aromatic nitrogens is 2. The van der Waals surface area contributed by atoms with E-state index in [4.69, 9.17) is 0 Å². The van der Waals surface area contributed by atoms with E-state index in [2.05, 4.69) is 15.3 Å². The second kappa shape index (κ2) is 2.96. The zero-order valence-corrected chi connectivity index (χ0v) is 5.92. The van der Waals surface area contributed by atoms with Crippen LogP contribution in [0.25, 0.3) is 0 Å². The van der Waals surface area contributed by atoms with E-state index in [1.165, 1.54) is 6.33 Å². The molecule has 0 aliphatic rings. The minimum absolute atomic E-state index is 0.0231. The Morgan fingerprint density at radius 2 is 2.45 bits per heavy atom. The lowest BCUT2D eigenvalue weighted by atomic mass is 10.3. The molecule has 1 aromatic heterocycles. The number of nitrogens with zero attached hydrogens (tertiary/aromatic N) is 1. The summed E-state index contributed by atoms with van der Waals surface area (Å²) in [7, 11) is 1.59. The van der Waals surface area contributed by atoms with E-state index in [-0.39, 0.29) is 5.56 Å². The number of rotatable bonds is 2. The van der Waals surface area contributed by atoms with Crippen LogP contribution in [0.2, 0.25) is 0 Å². The van der Waals surface area contributed by atoms with Crippen LogP contribution >= 0.6 is 0 Å². The summed E-state index contributed by atoms with van der Waals surface area (Å²) < 4.78 is 0. The molecule has 0 atom stereocenters. The topological polar surface area (TPSA) is 74.8 Å². The van der Waals surface area contributed by atoms with Gasteiger partial charge in [0.15, 0.2) is 6.29 Å². The number of hydrogen-bond acceptors (Lipinski definition) is 4. The fourth-order valence-corrected chi connectivity index (χ4v) is 0.719. The van der Waals surface area contributed by atoms with Gasteiger partial charge < -0.3 is 10.3 Å². The van der Waals surface area contributed by atoms with Gasteiger partial charge in [-0.25, -0.2) is 4.98 Å². The van der Waals surface area contributed by atoms with Gasteiger partial charge in [0.1, 0.15) is 11.4 Å². The standard InChI is InChI=1S/C6H7N3O2/c1-7-5-4(2-10)6(11)9-3-8-5/h2-3H,1H3,(H2,7,8,9,11). The number of nitrogens with one attached hydrogen (secondary N) is 2. The number of hydrogen-bond donors (Lipinski definition) is 2. The summed E-state index contributed by atoms with van der Waals surface area (Å²) in [6.45, 7) is 0. The van der Waals surface area contributed by atoms with Gasteiger partial charge in [0.05, 0.1) is 6.33 Å². The van der Waals surface area contributed by atoms with E-state index in [0.717, 1.165) is 0 Å². The monoisotopic (exact) mass is 153 g/mol. The Morgan fingerprint density at radius 1 is 1.73 bits per heavy atom. The van der Waals surface area contributed by atoms with E-state index in [1.807, 2.05) is 0 Å². The molecule has 0 aliphatic heterocycles. The Hall–Kier alpha value is -1.65. The molecule has 1 aromatic rings. The van der Waals surface area contributed by atoms with E-state index in [0.29, 0.717) is 12.1 Å². The molecule has 0 bridgehead atoms. The van der Waals surface area contributed by atoms with Crippen LogP contribution in [0.3, 0.4) is 0 Å². The normalized spacial score (nSPS) is 9.18. The molecule has 58 valence electrons. The highest BCUT2D eigenvalue weighted by molar-refractivity contribution is 5.81. The third-order valence-corrected chi connectivity index (χ3v) is 1.24. The molecule has 0 unspecified atom stereocenters. The van der Waals surface area contributed by atoms with Gasteiger partial charge in [-0.05, 0) is 0 Å². The van der Waals surface area contributed by atoms with Crippen molar-refractivity contribution in [3.63, 3.8) is 0 Å². The summed E-state index contributed by atoms with van der Waals surface area (Å²) in [5.74, 6) is 0.295. The van der Waals surface area contributed by atoms with Gasteiger partial charge in [-0.2, -0.15) is 0 Å². The maximum atomic E-state index is 10.9. The largest absolute Gasteiger partial charge is 0.372 e. The number of anilines is 1. The molecule has 0 aromatic carbocycles. The molecule has 0 radical (unpaired) electrons. The van der Waals surface area contributed by atoms with Gasteiger partial charge in [-0.3, -0.25) is 9.59 Å². The van der Waals surface area contributed by atoms with Crippen LogP contribution in [0.5, 0.6) is 0 Å². The molecule has 5 heteroatoms. The molecule has 11 heavy (non-hydrogen) atoms. The van der Waals surface area contributed by atoms with E-state index in [1.54, 1.807) is 7.05 Å². The van der Waals surface area contributed by atoms with Gasteiger partial charge in [0, 0.05) is 7.05 Å². The number of carbonyl (C=O) groups is 1. The average molecular weight is 153 g/mol. The fraction of sp³-hybridized carbons (Fsp3) is 0.167. The van der Waals surface area contributed by atoms with Crippen molar-refractivity contribution in [1.82, 2.24) is 9.97 Å². The highest BCUT2D eigenvalue weighted by Crippen LogP contribution is 1.99. The van der Waals surface area contributed by atoms with Crippen LogP contribution in [-0.4, -0.2) is 23.3 Å². The zero-order valence-electron chi connectivity index (χ0n) is 5.92. The lowest BCUT2D eigenvalue weighted by Crippen LogP contribution is -2.15. The predicted molar refractivity (Wildman–Crippen MR) is 39.8 cm³/mol. The minimum Gasteiger partial charge on any atom is -0.372 e. The molecule has 0 amide bonds. The minimum atomic E-state index is -0.431. The summed E-state index contributed by atoms with van der Waals surface area (Å²) >= 11 is 0. The average Bonchev–Trinajstić information content (AvgIpc) is 2.04.